The normalized spacial score (nSPS) is 12.2. The van der Waals surface area contributed by atoms with Gasteiger partial charge < -0.3 is 14.9 Å². The Kier molecular flexibility index (Phi) is 6.02. The Hall–Kier alpha value is -2.74. The SMILES string of the molecule is CC(C)(O)c1ccc2ccnn2c1.CC(C)(OCCO)c1ccc2ccnn2c1. The first-order valence-electron chi connectivity index (χ1n) is 9.56. The molecule has 7 heteroatoms. The van der Waals surface area contributed by atoms with Crippen LogP contribution in [0, 0.1) is 0 Å². The number of ether oxygens (including phenoxy) is 1. The van der Waals surface area contributed by atoms with E-state index in [-0.39, 0.29) is 6.61 Å². The van der Waals surface area contributed by atoms with Crippen molar-refractivity contribution in [3.8, 4) is 0 Å². The van der Waals surface area contributed by atoms with Gasteiger partial charge in [-0.15, -0.1) is 0 Å². The Morgan fingerprint density at radius 3 is 1.86 bits per heavy atom. The second-order valence-electron chi connectivity index (χ2n) is 7.88. The molecule has 0 saturated heterocycles. The van der Waals surface area contributed by atoms with Crippen LogP contribution in [-0.4, -0.2) is 42.7 Å². The van der Waals surface area contributed by atoms with Crippen molar-refractivity contribution in [3.63, 3.8) is 0 Å². The summed E-state index contributed by atoms with van der Waals surface area (Å²) in [4.78, 5) is 0. The number of rotatable bonds is 5. The first kappa shape index (κ1) is 21.0. The van der Waals surface area contributed by atoms with E-state index < -0.39 is 11.2 Å². The van der Waals surface area contributed by atoms with Gasteiger partial charge in [-0.3, -0.25) is 0 Å². The lowest BCUT2D eigenvalue weighted by molar-refractivity contribution is -0.0372. The third kappa shape index (κ3) is 5.00. The van der Waals surface area contributed by atoms with Crippen LogP contribution in [0.25, 0.3) is 11.0 Å². The Balaban J connectivity index is 0.000000169. The molecule has 4 rings (SSSR count). The van der Waals surface area contributed by atoms with Crippen LogP contribution in [-0.2, 0) is 15.9 Å². The molecule has 0 fully saturated rings. The van der Waals surface area contributed by atoms with Crippen molar-refractivity contribution in [3.05, 3.63) is 72.3 Å². The molecular formula is C22H28N4O3. The molecule has 0 amide bonds. The zero-order valence-electron chi connectivity index (χ0n) is 17.3. The number of hydrogen-bond donors (Lipinski definition) is 2. The predicted molar refractivity (Wildman–Crippen MR) is 112 cm³/mol. The summed E-state index contributed by atoms with van der Waals surface area (Å²) in [6.07, 6.45) is 7.30. The van der Waals surface area contributed by atoms with Crippen molar-refractivity contribution in [1.82, 2.24) is 19.2 Å². The van der Waals surface area contributed by atoms with Crippen molar-refractivity contribution in [1.29, 1.82) is 0 Å². The van der Waals surface area contributed by atoms with Gasteiger partial charge in [0, 0.05) is 35.9 Å². The molecule has 154 valence electrons. The summed E-state index contributed by atoms with van der Waals surface area (Å²) < 4.78 is 9.18. The highest BCUT2D eigenvalue weighted by Crippen LogP contribution is 2.24. The van der Waals surface area contributed by atoms with E-state index in [0.717, 1.165) is 22.2 Å². The molecule has 4 aromatic heterocycles. The maximum absolute atomic E-state index is 9.74. The van der Waals surface area contributed by atoms with Gasteiger partial charge in [-0.1, -0.05) is 12.1 Å². The molecule has 0 aliphatic rings. The fourth-order valence-electron chi connectivity index (χ4n) is 2.93. The molecule has 0 unspecified atom stereocenters. The summed E-state index contributed by atoms with van der Waals surface area (Å²) in [5, 5.41) is 26.8. The molecule has 0 aromatic carbocycles. The summed E-state index contributed by atoms with van der Waals surface area (Å²) in [7, 11) is 0. The van der Waals surface area contributed by atoms with E-state index >= 15 is 0 Å². The molecule has 0 bridgehead atoms. The van der Waals surface area contributed by atoms with Gasteiger partial charge in [-0.2, -0.15) is 10.2 Å². The van der Waals surface area contributed by atoms with Gasteiger partial charge in [0.2, 0.25) is 0 Å². The molecule has 0 saturated carbocycles. The summed E-state index contributed by atoms with van der Waals surface area (Å²) in [5.74, 6) is 0. The molecular weight excluding hydrogens is 368 g/mol. The van der Waals surface area contributed by atoms with E-state index in [2.05, 4.69) is 10.2 Å². The van der Waals surface area contributed by atoms with Crippen LogP contribution in [0.2, 0.25) is 0 Å². The van der Waals surface area contributed by atoms with Crippen LogP contribution in [0.1, 0.15) is 38.8 Å². The van der Waals surface area contributed by atoms with Crippen LogP contribution >= 0.6 is 0 Å². The second kappa shape index (κ2) is 8.32. The zero-order valence-corrected chi connectivity index (χ0v) is 17.3. The molecule has 29 heavy (non-hydrogen) atoms. The van der Waals surface area contributed by atoms with Gasteiger partial charge >= 0.3 is 0 Å². The molecule has 0 aliphatic heterocycles. The summed E-state index contributed by atoms with van der Waals surface area (Å²) in [6, 6.07) is 11.8. The van der Waals surface area contributed by atoms with E-state index in [1.807, 2.05) is 67.2 Å². The fraction of sp³-hybridized carbons (Fsp3) is 0.364. The number of hydrogen-bond acceptors (Lipinski definition) is 5. The minimum absolute atomic E-state index is 0.0352. The predicted octanol–water partition coefficient (Wildman–Crippen LogP) is 3.14. The van der Waals surface area contributed by atoms with Crippen molar-refractivity contribution in [2.75, 3.05) is 13.2 Å². The quantitative estimate of drug-likeness (QED) is 0.541. The molecule has 4 aromatic rings. The van der Waals surface area contributed by atoms with E-state index in [4.69, 9.17) is 9.84 Å². The zero-order chi connectivity index (χ0) is 21.1. The molecule has 0 spiro atoms. The number of nitrogens with zero attached hydrogens (tertiary/aromatic N) is 4. The largest absolute Gasteiger partial charge is 0.394 e. The third-order valence-electron chi connectivity index (χ3n) is 4.75. The molecule has 0 atom stereocenters. The number of aliphatic hydroxyl groups is 2. The lowest BCUT2D eigenvalue weighted by Crippen LogP contribution is -2.23. The minimum atomic E-state index is -0.805. The minimum Gasteiger partial charge on any atom is -0.394 e. The van der Waals surface area contributed by atoms with Crippen LogP contribution in [0.15, 0.2) is 61.2 Å². The highest BCUT2D eigenvalue weighted by Gasteiger charge is 2.21. The lowest BCUT2D eigenvalue weighted by atomic mass is 10.00. The van der Waals surface area contributed by atoms with E-state index in [0.29, 0.717) is 6.61 Å². The monoisotopic (exact) mass is 396 g/mol. The van der Waals surface area contributed by atoms with Gasteiger partial charge in [0.05, 0.1) is 35.4 Å². The first-order chi connectivity index (χ1) is 13.7. The number of aromatic nitrogens is 4. The highest BCUT2D eigenvalue weighted by molar-refractivity contribution is 5.47. The van der Waals surface area contributed by atoms with Crippen molar-refractivity contribution < 1.29 is 14.9 Å². The molecule has 0 radical (unpaired) electrons. The maximum Gasteiger partial charge on any atom is 0.0891 e. The van der Waals surface area contributed by atoms with Gasteiger partial charge in [0.25, 0.3) is 0 Å². The van der Waals surface area contributed by atoms with Gasteiger partial charge in [0.1, 0.15) is 0 Å². The summed E-state index contributed by atoms with van der Waals surface area (Å²) in [5.41, 5.74) is 2.78. The highest BCUT2D eigenvalue weighted by atomic mass is 16.5. The average Bonchev–Trinajstić information content (AvgIpc) is 3.33. The molecule has 7 nitrogen and oxygen atoms in total. The van der Waals surface area contributed by atoms with E-state index in [1.54, 1.807) is 30.8 Å². The van der Waals surface area contributed by atoms with Crippen LogP contribution < -0.4 is 0 Å². The third-order valence-corrected chi connectivity index (χ3v) is 4.75. The maximum atomic E-state index is 9.74. The van der Waals surface area contributed by atoms with E-state index in [9.17, 15) is 5.11 Å². The topological polar surface area (TPSA) is 84.3 Å². The second-order valence-corrected chi connectivity index (χ2v) is 7.88. The van der Waals surface area contributed by atoms with Gasteiger partial charge in [-0.05, 0) is 52.0 Å². The van der Waals surface area contributed by atoms with E-state index in [1.165, 1.54) is 0 Å². The summed E-state index contributed by atoms with van der Waals surface area (Å²) in [6.45, 7) is 7.85. The number of aliphatic hydroxyl groups excluding tert-OH is 1. The molecule has 2 N–H and O–H groups in total. The van der Waals surface area contributed by atoms with Crippen molar-refractivity contribution >= 4 is 11.0 Å². The van der Waals surface area contributed by atoms with Crippen molar-refractivity contribution in [2.45, 2.75) is 38.9 Å². The Morgan fingerprint density at radius 2 is 1.34 bits per heavy atom. The molecule has 0 aliphatic carbocycles. The molecule has 4 heterocycles. The van der Waals surface area contributed by atoms with Crippen LogP contribution in [0.4, 0.5) is 0 Å². The smallest absolute Gasteiger partial charge is 0.0891 e. The number of fused-ring (bicyclic) bond motifs is 2. The van der Waals surface area contributed by atoms with Gasteiger partial charge in [-0.25, -0.2) is 9.03 Å². The van der Waals surface area contributed by atoms with Gasteiger partial charge in [0.15, 0.2) is 0 Å². The number of pyridine rings is 2. The average molecular weight is 396 g/mol. The summed E-state index contributed by atoms with van der Waals surface area (Å²) >= 11 is 0. The first-order valence-corrected chi connectivity index (χ1v) is 9.56. The lowest BCUT2D eigenvalue weighted by Gasteiger charge is -2.25. The standard InChI is InChI=1S/C12H16N2O2.C10H12N2O/c1-12(2,16-8-7-15)10-3-4-11-5-6-13-14(11)9-10;1-10(2,13)8-3-4-9-5-6-11-12(9)7-8/h3-6,9,15H,7-8H2,1-2H3;3-7,13H,1-2H3. The Labute approximate surface area is 170 Å². The van der Waals surface area contributed by atoms with Crippen LogP contribution in [0.5, 0.6) is 0 Å². The fourth-order valence-corrected chi connectivity index (χ4v) is 2.93. The Bertz CT molecular complexity index is 1080. The van der Waals surface area contributed by atoms with Crippen LogP contribution in [0.3, 0.4) is 0 Å². The van der Waals surface area contributed by atoms with Crippen molar-refractivity contribution in [2.24, 2.45) is 0 Å². The Morgan fingerprint density at radius 1 is 0.828 bits per heavy atom.